The summed E-state index contributed by atoms with van der Waals surface area (Å²) in [5.41, 5.74) is 5.64. The lowest BCUT2D eigenvalue weighted by atomic mass is 9.89. The Morgan fingerprint density at radius 1 is 1.25 bits per heavy atom. The highest BCUT2D eigenvalue weighted by Gasteiger charge is 2.39. The average molecular weight is 280 g/mol. The van der Waals surface area contributed by atoms with Crippen molar-refractivity contribution in [2.75, 3.05) is 13.1 Å². The van der Waals surface area contributed by atoms with E-state index in [2.05, 4.69) is 12.2 Å². The van der Waals surface area contributed by atoms with Gasteiger partial charge in [0.1, 0.15) is 0 Å². The molecule has 2 bridgehead atoms. The van der Waals surface area contributed by atoms with Crippen molar-refractivity contribution in [1.29, 1.82) is 0 Å². The lowest BCUT2D eigenvalue weighted by Crippen LogP contribution is -2.31. The standard InChI is InChI=1S/C17H32N2O/c1-2-3-13(8-9-18)5-7-17(20)19-12-16-11-14-4-6-15(16)10-14/h13-16H,2-12,18H2,1H3,(H,19,20). The number of hydrogen-bond donors (Lipinski definition) is 2. The number of nitrogens with two attached hydrogens (primary N) is 1. The maximum atomic E-state index is 12.0. The predicted molar refractivity (Wildman–Crippen MR) is 83.3 cm³/mol. The molecule has 0 aliphatic heterocycles. The van der Waals surface area contributed by atoms with Crippen LogP contribution >= 0.6 is 0 Å². The summed E-state index contributed by atoms with van der Waals surface area (Å²) < 4.78 is 0. The Morgan fingerprint density at radius 2 is 2.10 bits per heavy atom. The van der Waals surface area contributed by atoms with Gasteiger partial charge in [-0.15, -0.1) is 0 Å². The van der Waals surface area contributed by atoms with Crippen molar-refractivity contribution in [3.05, 3.63) is 0 Å². The molecule has 0 heterocycles. The predicted octanol–water partition coefficient (Wildman–Crippen LogP) is 3.08. The van der Waals surface area contributed by atoms with Crippen LogP contribution in [0.5, 0.6) is 0 Å². The summed E-state index contributed by atoms with van der Waals surface area (Å²) in [4.78, 5) is 12.0. The molecule has 0 radical (unpaired) electrons. The van der Waals surface area contributed by atoms with Crippen LogP contribution in [0.1, 0.15) is 64.7 Å². The molecule has 116 valence electrons. The zero-order valence-electron chi connectivity index (χ0n) is 13.1. The number of nitrogens with one attached hydrogen (secondary N) is 1. The van der Waals surface area contributed by atoms with E-state index in [0.717, 1.165) is 43.7 Å². The van der Waals surface area contributed by atoms with Gasteiger partial charge in [-0.05, 0) is 62.3 Å². The molecule has 0 spiro atoms. The first kappa shape index (κ1) is 15.8. The van der Waals surface area contributed by atoms with Crippen LogP contribution in [0, 0.1) is 23.7 Å². The zero-order valence-corrected chi connectivity index (χ0v) is 13.1. The van der Waals surface area contributed by atoms with Gasteiger partial charge in [0.2, 0.25) is 5.91 Å². The molecule has 4 unspecified atom stereocenters. The third-order valence-electron chi connectivity index (χ3n) is 5.50. The molecule has 0 aromatic heterocycles. The molecule has 1 amide bonds. The first-order valence-electron chi connectivity index (χ1n) is 8.69. The van der Waals surface area contributed by atoms with Crippen LogP contribution in [0.4, 0.5) is 0 Å². The van der Waals surface area contributed by atoms with Crippen LogP contribution in [0.25, 0.3) is 0 Å². The Hall–Kier alpha value is -0.570. The summed E-state index contributed by atoms with van der Waals surface area (Å²) >= 11 is 0. The SMILES string of the molecule is CCCC(CCN)CCC(=O)NCC1CC2CCC1C2. The van der Waals surface area contributed by atoms with Crippen LogP contribution in [0.15, 0.2) is 0 Å². The van der Waals surface area contributed by atoms with Gasteiger partial charge in [0.05, 0.1) is 0 Å². The highest BCUT2D eigenvalue weighted by atomic mass is 16.1. The van der Waals surface area contributed by atoms with Crippen LogP contribution in [0.2, 0.25) is 0 Å². The molecule has 2 aliphatic carbocycles. The molecule has 4 atom stereocenters. The van der Waals surface area contributed by atoms with Crippen molar-refractivity contribution >= 4 is 5.91 Å². The lowest BCUT2D eigenvalue weighted by molar-refractivity contribution is -0.121. The van der Waals surface area contributed by atoms with Gasteiger partial charge < -0.3 is 11.1 Å². The molecule has 3 heteroatoms. The Labute approximate surface area is 124 Å². The molecule has 2 fully saturated rings. The van der Waals surface area contributed by atoms with Gasteiger partial charge in [-0.2, -0.15) is 0 Å². The van der Waals surface area contributed by atoms with E-state index in [9.17, 15) is 4.79 Å². The first-order chi connectivity index (χ1) is 9.72. The fourth-order valence-electron chi connectivity index (χ4n) is 4.37. The second-order valence-corrected chi connectivity index (χ2v) is 7.01. The summed E-state index contributed by atoms with van der Waals surface area (Å²) in [6.07, 6.45) is 10.8. The Balaban J connectivity index is 1.60. The van der Waals surface area contributed by atoms with Crippen molar-refractivity contribution in [2.45, 2.75) is 64.7 Å². The van der Waals surface area contributed by atoms with Crippen molar-refractivity contribution in [2.24, 2.45) is 29.4 Å². The number of fused-ring (bicyclic) bond motifs is 2. The van der Waals surface area contributed by atoms with E-state index < -0.39 is 0 Å². The molecule has 2 saturated carbocycles. The summed E-state index contributed by atoms with van der Waals surface area (Å²) in [6, 6.07) is 0. The topological polar surface area (TPSA) is 55.1 Å². The fraction of sp³-hybridized carbons (Fsp3) is 0.941. The fourth-order valence-corrected chi connectivity index (χ4v) is 4.37. The Bertz CT molecular complexity index is 299. The van der Waals surface area contributed by atoms with Crippen LogP contribution in [0.3, 0.4) is 0 Å². The van der Waals surface area contributed by atoms with E-state index in [1.54, 1.807) is 0 Å². The quantitative estimate of drug-likeness (QED) is 0.682. The Kier molecular flexibility index (Phi) is 6.34. The van der Waals surface area contributed by atoms with E-state index in [-0.39, 0.29) is 5.91 Å². The smallest absolute Gasteiger partial charge is 0.220 e. The van der Waals surface area contributed by atoms with E-state index in [1.807, 2.05) is 0 Å². The zero-order chi connectivity index (χ0) is 14.4. The van der Waals surface area contributed by atoms with Crippen molar-refractivity contribution < 1.29 is 4.79 Å². The number of hydrogen-bond acceptors (Lipinski definition) is 2. The summed E-state index contributed by atoms with van der Waals surface area (Å²) in [6.45, 7) is 3.88. The van der Waals surface area contributed by atoms with E-state index in [4.69, 9.17) is 5.73 Å². The number of carbonyl (C=O) groups excluding carboxylic acids is 1. The number of carbonyl (C=O) groups is 1. The average Bonchev–Trinajstić information content (AvgIpc) is 3.05. The van der Waals surface area contributed by atoms with E-state index in [1.165, 1.54) is 38.5 Å². The molecular formula is C17H32N2O. The van der Waals surface area contributed by atoms with Gasteiger partial charge in [-0.3, -0.25) is 4.79 Å². The van der Waals surface area contributed by atoms with Gasteiger partial charge >= 0.3 is 0 Å². The largest absolute Gasteiger partial charge is 0.356 e. The lowest BCUT2D eigenvalue weighted by Gasteiger charge is -2.22. The second-order valence-electron chi connectivity index (χ2n) is 7.01. The van der Waals surface area contributed by atoms with Gasteiger partial charge in [0.15, 0.2) is 0 Å². The molecule has 0 aromatic rings. The molecule has 3 nitrogen and oxygen atoms in total. The third kappa shape index (κ3) is 4.47. The molecule has 2 aliphatic rings. The van der Waals surface area contributed by atoms with E-state index >= 15 is 0 Å². The molecule has 0 saturated heterocycles. The van der Waals surface area contributed by atoms with Gasteiger partial charge in [0, 0.05) is 13.0 Å². The monoisotopic (exact) mass is 280 g/mol. The molecule has 3 N–H and O–H groups in total. The van der Waals surface area contributed by atoms with Crippen molar-refractivity contribution in [3.8, 4) is 0 Å². The van der Waals surface area contributed by atoms with Crippen LogP contribution in [-0.2, 0) is 4.79 Å². The second kappa shape index (κ2) is 8.02. The summed E-state index contributed by atoms with van der Waals surface area (Å²) in [7, 11) is 0. The van der Waals surface area contributed by atoms with Gasteiger partial charge in [0.25, 0.3) is 0 Å². The minimum Gasteiger partial charge on any atom is -0.356 e. The minimum atomic E-state index is 0.255. The first-order valence-corrected chi connectivity index (χ1v) is 8.69. The highest BCUT2D eigenvalue weighted by molar-refractivity contribution is 5.75. The molecule has 2 rings (SSSR count). The van der Waals surface area contributed by atoms with Gasteiger partial charge in [-0.1, -0.05) is 26.2 Å². The van der Waals surface area contributed by atoms with Crippen molar-refractivity contribution in [1.82, 2.24) is 5.32 Å². The molecule has 20 heavy (non-hydrogen) atoms. The molecule has 0 aromatic carbocycles. The van der Waals surface area contributed by atoms with E-state index in [0.29, 0.717) is 12.3 Å². The summed E-state index contributed by atoms with van der Waals surface area (Å²) in [5.74, 6) is 3.54. The molecular weight excluding hydrogens is 248 g/mol. The van der Waals surface area contributed by atoms with Crippen LogP contribution < -0.4 is 11.1 Å². The van der Waals surface area contributed by atoms with Crippen LogP contribution in [-0.4, -0.2) is 19.0 Å². The highest BCUT2D eigenvalue weighted by Crippen LogP contribution is 2.47. The number of rotatable bonds is 9. The van der Waals surface area contributed by atoms with Crippen molar-refractivity contribution in [3.63, 3.8) is 0 Å². The third-order valence-corrected chi connectivity index (χ3v) is 5.50. The van der Waals surface area contributed by atoms with Gasteiger partial charge in [-0.25, -0.2) is 0 Å². The number of amides is 1. The maximum Gasteiger partial charge on any atom is 0.220 e. The Morgan fingerprint density at radius 3 is 2.70 bits per heavy atom. The minimum absolute atomic E-state index is 0.255. The summed E-state index contributed by atoms with van der Waals surface area (Å²) in [5, 5.41) is 3.18. The normalized spacial score (nSPS) is 29.6. The maximum absolute atomic E-state index is 12.0.